The molecule has 0 unspecified atom stereocenters. The molecule has 3 nitrogen and oxygen atoms in total. The summed E-state index contributed by atoms with van der Waals surface area (Å²) in [6.45, 7) is 2.94. The largest absolute Gasteiger partial charge is 0.288 e. The highest BCUT2D eigenvalue weighted by atomic mass is 32.1. The molecule has 0 amide bonds. The topological polar surface area (TPSA) is 34.9 Å². The number of aromatic nitrogens is 2. The van der Waals surface area contributed by atoms with E-state index in [1.165, 1.54) is 11.3 Å². The molecule has 0 fully saturated rings. The Morgan fingerprint density at radius 2 is 2.21 bits per heavy atom. The minimum absolute atomic E-state index is 0.0588. The summed E-state index contributed by atoms with van der Waals surface area (Å²) >= 11 is 1.54. The Balaban J connectivity index is 1.93. The zero-order valence-corrected chi connectivity index (χ0v) is 11.5. The number of hydrogen-bond acceptors (Lipinski definition) is 3. The van der Waals surface area contributed by atoms with E-state index in [2.05, 4.69) is 12.0 Å². The quantitative estimate of drug-likeness (QED) is 0.677. The van der Waals surface area contributed by atoms with Crippen molar-refractivity contribution in [1.29, 1.82) is 0 Å². The van der Waals surface area contributed by atoms with Crippen LogP contribution in [0.1, 0.15) is 28.6 Å². The first-order valence-electron chi connectivity index (χ1n) is 6.33. The molecule has 0 saturated carbocycles. The van der Waals surface area contributed by atoms with Crippen molar-refractivity contribution in [2.75, 3.05) is 0 Å². The van der Waals surface area contributed by atoms with E-state index >= 15 is 0 Å². The van der Waals surface area contributed by atoms with Gasteiger partial charge in [0.05, 0.1) is 16.6 Å². The number of aryl methyl sites for hydroxylation is 1. The number of benzene rings is 1. The summed E-state index contributed by atoms with van der Waals surface area (Å²) in [6.07, 6.45) is 4.50. The molecule has 0 bridgehead atoms. The van der Waals surface area contributed by atoms with E-state index in [0.29, 0.717) is 5.56 Å². The molecule has 0 N–H and O–H groups in total. The van der Waals surface area contributed by atoms with Crippen LogP contribution in [0.25, 0.3) is 10.1 Å². The highest BCUT2D eigenvalue weighted by Gasteiger charge is 2.14. The molecule has 0 radical (unpaired) electrons. The molecule has 0 aliphatic heterocycles. The Morgan fingerprint density at radius 1 is 1.37 bits per heavy atom. The summed E-state index contributed by atoms with van der Waals surface area (Å²) in [7, 11) is 0. The predicted octanol–water partition coefficient (Wildman–Crippen LogP) is 3.74. The fourth-order valence-electron chi connectivity index (χ4n) is 2.07. The molecule has 2 heterocycles. The van der Waals surface area contributed by atoms with Crippen molar-refractivity contribution in [2.24, 2.45) is 0 Å². The number of carbonyl (C=O) groups excluding carboxylic acids is 1. The van der Waals surface area contributed by atoms with E-state index < -0.39 is 0 Å². The van der Waals surface area contributed by atoms with Gasteiger partial charge in [-0.05, 0) is 23.9 Å². The van der Waals surface area contributed by atoms with Crippen LogP contribution in [-0.4, -0.2) is 15.6 Å². The van der Waals surface area contributed by atoms with Gasteiger partial charge in [-0.15, -0.1) is 11.3 Å². The number of ketones is 1. The number of carbonyl (C=O) groups is 1. The lowest BCUT2D eigenvalue weighted by molar-refractivity contribution is 0.104. The second-order valence-electron chi connectivity index (χ2n) is 4.47. The Kier molecular flexibility index (Phi) is 3.17. The van der Waals surface area contributed by atoms with Crippen LogP contribution in [0.3, 0.4) is 0 Å². The number of thiophene rings is 1. The van der Waals surface area contributed by atoms with Gasteiger partial charge in [-0.1, -0.05) is 25.1 Å². The maximum absolute atomic E-state index is 12.4. The van der Waals surface area contributed by atoms with Crippen LogP contribution in [0, 0.1) is 0 Å². The summed E-state index contributed by atoms with van der Waals surface area (Å²) in [4.78, 5) is 13.2. The Morgan fingerprint density at radius 3 is 3.00 bits per heavy atom. The van der Waals surface area contributed by atoms with Crippen LogP contribution in [0.4, 0.5) is 0 Å². The first-order chi connectivity index (χ1) is 9.28. The number of fused-ring (bicyclic) bond motifs is 1. The molecule has 0 aliphatic rings. The predicted molar refractivity (Wildman–Crippen MR) is 77.8 cm³/mol. The van der Waals surface area contributed by atoms with Crippen molar-refractivity contribution in [1.82, 2.24) is 9.78 Å². The highest BCUT2D eigenvalue weighted by Crippen LogP contribution is 2.27. The van der Waals surface area contributed by atoms with Crippen LogP contribution in [0.2, 0.25) is 0 Å². The normalized spacial score (nSPS) is 11.0. The zero-order valence-electron chi connectivity index (χ0n) is 10.7. The molecule has 0 spiro atoms. The molecule has 2 aromatic heterocycles. The monoisotopic (exact) mass is 270 g/mol. The zero-order chi connectivity index (χ0) is 13.2. The van der Waals surface area contributed by atoms with Gasteiger partial charge in [0.25, 0.3) is 0 Å². The van der Waals surface area contributed by atoms with E-state index in [9.17, 15) is 4.79 Å². The summed E-state index contributed by atoms with van der Waals surface area (Å²) in [5.74, 6) is 0.0588. The molecule has 1 aromatic carbocycles. The van der Waals surface area contributed by atoms with Gasteiger partial charge < -0.3 is 0 Å². The van der Waals surface area contributed by atoms with Crippen molar-refractivity contribution in [3.05, 3.63) is 53.2 Å². The average molecular weight is 270 g/mol. The van der Waals surface area contributed by atoms with Gasteiger partial charge in [0.15, 0.2) is 0 Å². The van der Waals surface area contributed by atoms with Crippen LogP contribution in [0.15, 0.2) is 42.7 Å². The molecule has 0 saturated heterocycles. The Bertz CT molecular complexity index is 693. The lowest BCUT2D eigenvalue weighted by atomic mass is 10.2. The van der Waals surface area contributed by atoms with Crippen molar-refractivity contribution >= 4 is 27.2 Å². The van der Waals surface area contributed by atoms with Crippen LogP contribution in [0.5, 0.6) is 0 Å². The van der Waals surface area contributed by atoms with E-state index in [0.717, 1.165) is 27.9 Å². The molecule has 4 heteroatoms. The maximum atomic E-state index is 12.4. The van der Waals surface area contributed by atoms with Gasteiger partial charge in [0, 0.05) is 17.4 Å². The Hall–Kier alpha value is -1.94. The molecule has 3 aromatic rings. The molecule has 19 heavy (non-hydrogen) atoms. The summed E-state index contributed by atoms with van der Waals surface area (Å²) < 4.78 is 2.97. The molecule has 96 valence electrons. The number of nitrogens with zero attached hydrogens (tertiary/aromatic N) is 2. The first kappa shape index (κ1) is 12.1. The van der Waals surface area contributed by atoms with Gasteiger partial charge >= 0.3 is 0 Å². The third-order valence-electron chi connectivity index (χ3n) is 3.00. The van der Waals surface area contributed by atoms with Gasteiger partial charge in [-0.3, -0.25) is 9.48 Å². The van der Waals surface area contributed by atoms with E-state index in [1.54, 1.807) is 6.20 Å². The SMILES string of the molecule is CCCn1cc(C(=O)c2cc3ccccc3s2)cn1. The standard InChI is InChI=1S/C15H14N2OS/c1-2-7-17-10-12(9-16-17)15(18)14-8-11-5-3-4-6-13(11)19-14/h3-6,8-10H,2,7H2,1H3. The van der Waals surface area contributed by atoms with Gasteiger partial charge in [0.2, 0.25) is 5.78 Å². The number of hydrogen-bond donors (Lipinski definition) is 0. The third-order valence-corrected chi connectivity index (χ3v) is 4.11. The van der Waals surface area contributed by atoms with Crippen molar-refractivity contribution in [3.63, 3.8) is 0 Å². The fourth-order valence-corrected chi connectivity index (χ4v) is 3.09. The van der Waals surface area contributed by atoms with Crippen molar-refractivity contribution < 1.29 is 4.79 Å². The van der Waals surface area contributed by atoms with Gasteiger partial charge in [0.1, 0.15) is 0 Å². The lowest BCUT2D eigenvalue weighted by Gasteiger charge is -1.95. The average Bonchev–Trinajstić information content (AvgIpc) is 3.04. The van der Waals surface area contributed by atoms with Gasteiger partial charge in [-0.25, -0.2) is 0 Å². The second kappa shape index (κ2) is 4.97. The van der Waals surface area contributed by atoms with Crippen LogP contribution in [-0.2, 0) is 6.54 Å². The summed E-state index contributed by atoms with van der Waals surface area (Å²) in [6, 6.07) is 10.0. The number of rotatable bonds is 4. The summed E-state index contributed by atoms with van der Waals surface area (Å²) in [5.41, 5.74) is 0.667. The van der Waals surface area contributed by atoms with E-state index in [1.807, 2.05) is 41.2 Å². The third kappa shape index (κ3) is 2.31. The molecule has 0 atom stereocenters. The second-order valence-corrected chi connectivity index (χ2v) is 5.55. The van der Waals surface area contributed by atoms with E-state index in [4.69, 9.17) is 0 Å². The molecular formula is C15H14N2OS. The minimum Gasteiger partial charge on any atom is -0.288 e. The molecular weight excluding hydrogens is 256 g/mol. The molecule has 3 rings (SSSR count). The van der Waals surface area contributed by atoms with Crippen molar-refractivity contribution in [2.45, 2.75) is 19.9 Å². The van der Waals surface area contributed by atoms with Crippen LogP contribution >= 0.6 is 11.3 Å². The minimum atomic E-state index is 0.0588. The Labute approximate surface area is 115 Å². The van der Waals surface area contributed by atoms with E-state index in [-0.39, 0.29) is 5.78 Å². The summed E-state index contributed by atoms with van der Waals surface area (Å²) in [5, 5.41) is 5.33. The smallest absolute Gasteiger partial charge is 0.206 e. The maximum Gasteiger partial charge on any atom is 0.206 e. The van der Waals surface area contributed by atoms with Crippen LogP contribution < -0.4 is 0 Å². The highest BCUT2D eigenvalue weighted by molar-refractivity contribution is 7.21. The van der Waals surface area contributed by atoms with Gasteiger partial charge in [-0.2, -0.15) is 5.10 Å². The van der Waals surface area contributed by atoms with Crippen molar-refractivity contribution in [3.8, 4) is 0 Å². The fraction of sp³-hybridized carbons (Fsp3) is 0.200. The lowest BCUT2D eigenvalue weighted by Crippen LogP contribution is -1.98. The first-order valence-corrected chi connectivity index (χ1v) is 7.15. The molecule has 0 aliphatic carbocycles.